The topological polar surface area (TPSA) is 87.7 Å². The summed E-state index contributed by atoms with van der Waals surface area (Å²) in [7, 11) is -2.99. The number of hydrogen-bond acceptors (Lipinski definition) is 4. The minimum absolute atomic E-state index is 0.00222. The van der Waals surface area contributed by atoms with E-state index in [9.17, 15) is 13.2 Å². The van der Waals surface area contributed by atoms with Gasteiger partial charge in [-0.05, 0) is 18.6 Å². The third kappa shape index (κ3) is 1.55. The van der Waals surface area contributed by atoms with Gasteiger partial charge in [0, 0.05) is 0 Å². The Balaban J connectivity index is 2.44. The molecule has 1 aromatic heterocycles. The van der Waals surface area contributed by atoms with Crippen LogP contribution in [0.3, 0.4) is 0 Å². The smallest absolute Gasteiger partial charge is 0.272 e. The lowest BCUT2D eigenvalue weighted by Gasteiger charge is -2.05. The van der Waals surface area contributed by atoms with Crippen LogP contribution < -0.4 is 5.69 Å². The van der Waals surface area contributed by atoms with E-state index in [0.717, 1.165) is 0 Å². The predicted octanol–water partition coefficient (Wildman–Crippen LogP) is -0.406. The molecular formula is C6H9N3O3S2. The summed E-state index contributed by atoms with van der Waals surface area (Å²) < 4.78 is 23.9. The van der Waals surface area contributed by atoms with Crippen LogP contribution in [0.2, 0.25) is 0 Å². The van der Waals surface area contributed by atoms with E-state index in [0.29, 0.717) is 6.42 Å². The van der Waals surface area contributed by atoms with Gasteiger partial charge in [-0.25, -0.2) is 18.3 Å². The zero-order valence-corrected chi connectivity index (χ0v) is 8.82. The standard InChI is InChI=1S/C6H9N3O3S2/c10-5-7-8-6(13)9(5)4-1-2-14(11,12)3-4/h4H,1-3H2,(H,7,10)(H,8,13). The number of nitrogens with zero attached hydrogens (tertiary/aromatic N) is 1. The van der Waals surface area contributed by atoms with Crippen LogP contribution >= 0.6 is 12.2 Å². The zero-order valence-electron chi connectivity index (χ0n) is 7.19. The Bertz CT molecular complexity index is 522. The van der Waals surface area contributed by atoms with Gasteiger partial charge >= 0.3 is 5.69 Å². The SMILES string of the molecule is O=c1[nH][nH]c(=S)n1C1CCS(=O)(=O)C1. The van der Waals surface area contributed by atoms with Gasteiger partial charge in [0.1, 0.15) is 0 Å². The molecule has 1 saturated heterocycles. The molecule has 78 valence electrons. The molecule has 0 radical (unpaired) electrons. The summed E-state index contributed by atoms with van der Waals surface area (Å²) in [6.45, 7) is 0. The van der Waals surface area contributed by atoms with Gasteiger partial charge in [0.05, 0.1) is 17.5 Å². The highest BCUT2D eigenvalue weighted by Crippen LogP contribution is 2.21. The number of hydrogen-bond donors (Lipinski definition) is 2. The summed E-state index contributed by atoms with van der Waals surface area (Å²) >= 11 is 4.87. The molecule has 0 aromatic carbocycles. The van der Waals surface area contributed by atoms with Crippen LogP contribution in [-0.4, -0.2) is 34.7 Å². The van der Waals surface area contributed by atoms with Crippen molar-refractivity contribution in [2.75, 3.05) is 11.5 Å². The lowest BCUT2D eigenvalue weighted by Crippen LogP contribution is -2.23. The second-order valence-corrected chi connectivity index (χ2v) is 5.90. The fourth-order valence-electron chi connectivity index (χ4n) is 1.63. The molecule has 0 saturated carbocycles. The van der Waals surface area contributed by atoms with Crippen LogP contribution in [-0.2, 0) is 9.84 Å². The molecule has 0 spiro atoms. The van der Waals surface area contributed by atoms with Gasteiger partial charge in [-0.15, -0.1) is 0 Å². The average molecular weight is 235 g/mol. The molecule has 1 aromatic rings. The number of sulfone groups is 1. The van der Waals surface area contributed by atoms with Crippen LogP contribution in [0.4, 0.5) is 0 Å². The Morgan fingerprint density at radius 1 is 1.43 bits per heavy atom. The van der Waals surface area contributed by atoms with Crippen LogP contribution in [0.5, 0.6) is 0 Å². The van der Waals surface area contributed by atoms with Gasteiger partial charge in [-0.3, -0.25) is 9.67 Å². The first-order valence-electron chi connectivity index (χ1n) is 4.09. The van der Waals surface area contributed by atoms with E-state index in [4.69, 9.17) is 12.2 Å². The van der Waals surface area contributed by atoms with E-state index in [1.54, 1.807) is 0 Å². The lowest BCUT2D eigenvalue weighted by molar-refractivity contribution is 0.533. The second kappa shape index (κ2) is 3.06. The van der Waals surface area contributed by atoms with Gasteiger partial charge in [-0.2, -0.15) is 0 Å². The highest BCUT2D eigenvalue weighted by Gasteiger charge is 2.30. The molecule has 2 rings (SSSR count). The number of rotatable bonds is 1. The van der Waals surface area contributed by atoms with E-state index in [-0.39, 0.29) is 28.0 Å². The van der Waals surface area contributed by atoms with Crippen molar-refractivity contribution in [2.45, 2.75) is 12.5 Å². The highest BCUT2D eigenvalue weighted by molar-refractivity contribution is 7.91. The number of H-pyrrole nitrogens is 2. The minimum atomic E-state index is -2.99. The second-order valence-electron chi connectivity index (χ2n) is 3.29. The van der Waals surface area contributed by atoms with Crippen molar-refractivity contribution in [3.8, 4) is 0 Å². The molecule has 0 aliphatic carbocycles. The first kappa shape index (κ1) is 9.66. The lowest BCUT2D eigenvalue weighted by atomic mass is 10.3. The molecule has 0 bridgehead atoms. The maximum Gasteiger partial charge on any atom is 0.342 e. The number of aromatic nitrogens is 3. The van der Waals surface area contributed by atoms with Crippen molar-refractivity contribution in [3.05, 3.63) is 15.3 Å². The third-order valence-electron chi connectivity index (χ3n) is 2.29. The minimum Gasteiger partial charge on any atom is -0.272 e. The Kier molecular flexibility index (Phi) is 2.11. The monoisotopic (exact) mass is 235 g/mol. The van der Waals surface area contributed by atoms with Crippen molar-refractivity contribution in [3.63, 3.8) is 0 Å². The fraction of sp³-hybridized carbons (Fsp3) is 0.667. The first-order chi connectivity index (χ1) is 6.49. The molecule has 1 unspecified atom stereocenters. The van der Waals surface area contributed by atoms with Crippen LogP contribution in [0.15, 0.2) is 4.79 Å². The first-order valence-corrected chi connectivity index (χ1v) is 6.32. The van der Waals surface area contributed by atoms with Crippen molar-refractivity contribution >= 4 is 22.1 Å². The summed E-state index contributed by atoms with van der Waals surface area (Å²) in [6.07, 6.45) is 0.456. The summed E-state index contributed by atoms with van der Waals surface area (Å²) in [6, 6.07) is -0.317. The fourth-order valence-corrected chi connectivity index (χ4v) is 3.61. The molecule has 1 atom stereocenters. The largest absolute Gasteiger partial charge is 0.342 e. The molecule has 2 heterocycles. The summed E-state index contributed by atoms with van der Waals surface area (Å²) in [5.41, 5.74) is -0.378. The summed E-state index contributed by atoms with van der Waals surface area (Å²) in [4.78, 5) is 11.3. The van der Waals surface area contributed by atoms with Gasteiger partial charge in [0.25, 0.3) is 0 Å². The zero-order chi connectivity index (χ0) is 10.3. The Morgan fingerprint density at radius 3 is 2.57 bits per heavy atom. The molecule has 14 heavy (non-hydrogen) atoms. The van der Waals surface area contributed by atoms with Gasteiger partial charge < -0.3 is 0 Å². The molecule has 1 fully saturated rings. The van der Waals surface area contributed by atoms with Crippen molar-refractivity contribution in [1.29, 1.82) is 0 Å². The molecule has 1 aliphatic rings. The van der Waals surface area contributed by atoms with Crippen molar-refractivity contribution in [2.24, 2.45) is 0 Å². The quantitative estimate of drug-likeness (QED) is 0.648. The normalized spacial score (nSPS) is 25.3. The van der Waals surface area contributed by atoms with Crippen molar-refractivity contribution in [1.82, 2.24) is 14.8 Å². The van der Waals surface area contributed by atoms with Crippen LogP contribution in [0, 0.1) is 4.77 Å². The maximum atomic E-state index is 11.3. The van der Waals surface area contributed by atoms with E-state index in [1.807, 2.05) is 0 Å². The maximum absolute atomic E-state index is 11.3. The average Bonchev–Trinajstić information content (AvgIpc) is 2.56. The third-order valence-corrected chi connectivity index (χ3v) is 4.34. The van der Waals surface area contributed by atoms with E-state index in [1.165, 1.54) is 4.57 Å². The van der Waals surface area contributed by atoms with E-state index in [2.05, 4.69) is 10.2 Å². The molecule has 2 N–H and O–H groups in total. The van der Waals surface area contributed by atoms with Crippen LogP contribution in [0.25, 0.3) is 0 Å². The molecule has 1 aliphatic heterocycles. The van der Waals surface area contributed by atoms with Gasteiger partial charge in [-0.1, -0.05) is 0 Å². The highest BCUT2D eigenvalue weighted by atomic mass is 32.2. The van der Waals surface area contributed by atoms with E-state index >= 15 is 0 Å². The summed E-state index contributed by atoms with van der Waals surface area (Å²) in [5, 5.41) is 4.81. The van der Waals surface area contributed by atoms with Crippen LogP contribution in [0.1, 0.15) is 12.5 Å². The Hall–Kier alpha value is -0.890. The van der Waals surface area contributed by atoms with Crippen molar-refractivity contribution < 1.29 is 8.42 Å². The summed E-state index contributed by atoms with van der Waals surface area (Å²) in [5.74, 6) is 0.131. The molecule has 8 heteroatoms. The molecule has 0 amide bonds. The number of aromatic amines is 2. The van der Waals surface area contributed by atoms with Gasteiger partial charge in [0.15, 0.2) is 14.6 Å². The Morgan fingerprint density at radius 2 is 2.14 bits per heavy atom. The Labute approximate surface area is 84.9 Å². The number of nitrogens with one attached hydrogen (secondary N) is 2. The molecule has 6 nitrogen and oxygen atoms in total. The van der Waals surface area contributed by atoms with Gasteiger partial charge in [0.2, 0.25) is 0 Å². The predicted molar refractivity (Wildman–Crippen MR) is 52.5 cm³/mol. The van der Waals surface area contributed by atoms with E-state index < -0.39 is 9.84 Å². The molecular weight excluding hydrogens is 226 g/mol.